The van der Waals surface area contributed by atoms with Gasteiger partial charge in [-0.2, -0.15) is 0 Å². The lowest BCUT2D eigenvalue weighted by Gasteiger charge is -2.29. The number of aromatic nitrogens is 1. The number of hydrogen-bond donors (Lipinski definition) is 2. The second-order valence-electron chi connectivity index (χ2n) is 7.47. The topological polar surface area (TPSA) is 90.9 Å². The van der Waals surface area contributed by atoms with Crippen molar-refractivity contribution < 1.29 is 36.9 Å². The van der Waals surface area contributed by atoms with Crippen LogP contribution in [0.3, 0.4) is 0 Å². The minimum Gasteiger partial charge on any atom is -0.437 e. The molecule has 11 heteroatoms. The third-order valence-electron chi connectivity index (χ3n) is 4.90. The van der Waals surface area contributed by atoms with Crippen molar-refractivity contribution >= 4 is 17.4 Å². The summed E-state index contributed by atoms with van der Waals surface area (Å²) in [5, 5.41) is 5.15. The van der Waals surface area contributed by atoms with Crippen molar-refractivity contribution in [3.05, 3.63) is 72.4 Å². The van der Waals surface area contributed by atoms with Gasteiger partial charge in [0.25, 0.3) is 0 Å². The maximum absolute atomic E-state index is 12.5. The molecule has 0 saturated heterocycles. The van der Waals surface area contributed by atoms with E-state index in [4.69, 9.17) is 14.2 Å². The Balaban J connectivity index is 1.75. The van der Waals surface area contributed by atoms with Crippen LogP contribution in [0.5, 0.6) is 17.4 Å². The molecular weight excluding hydrogens is 467 g/mol. The first-order valence-electron chi connectivity index (χ1n) is 10.3. The number of carbonyl (C=O) groups excluding carboxylic acids is 1. The second kappa shape index (κ2) is 11.1. The highest BCUT2D eigenvalue weighted by molar-refractivity contribution is 6.00. The van der Waals surface area contributed by atoms with E-state index in [0.717, 1.165) is 12.1 Å². The van der Waals surface area contributed by atoms with E-state index in [-0.39, 0.29) is 23.9 Å². The molecule has 1 heterocycles. The summed E-state index contributed by atoms with van der Waals surface area (Å²) in [5.74, 6) is 0.179. The summed E-state index contributed by atoms with van der Waals surface area (Å²) in [5.41, 5.74) is 0.436. The molecule has 0 spiro atoms. The normalized spacial score (nSPS) is 13.0. The molecule has 0 bridgehead atoms. The number of nitrogens with zero attached hydrogens (tertiary/aromatic N) is 1. The number of urea groups is 1. The Morgan fingerprint density at radius 1 is 0.971 bits per heavy atom. The quantitative estimate of drug-likeness (QED) is 0.386. The van der Waals surface area contributed by atoms with E-state index in [1.54, 1.807) is 38.5 Å². The molecule has 8 nitrogen and oxygen atoms in total. The Morgan fingerprint density at radius 3 is 2.34 bits per heavy atom. The Bertz CT molecular complexity index is 1140. The van der Waals surface area contributed by atoms with Gasteiger partial charge in [0.1, 0.15) is 22.8 Å². The number of nitrogens with one attached hydrogen (secondary N) is 2. The first-order chi connectivity index (χ1) is 16.6. The van der Waals surface area contributed by atoms with Gasteiger partial charge < -0.3 is 29.6 Å². The predicted molar refractivity (Wildman–Crippen MR) is 123 cm³/mol. The van der Waals surface area contributed by atoms with E-state index in [0.29, 0.717) is 11.3 Å². The van der Waals surface area contributed by atoms with E-state index in [1.807, 2.05) is 19.1 Å². The third-order valence-corrected chi connectivity index (χ3v) is 4.90. The van der Waals surface area contributed by atoms with E-state index >= 15 is 0 Å². The number of amides is 2. The van der Waals surface area contributed by atoms with Crippen molar-refractivity contribution in [1.29, 1.82) is 0 Å². The van der Waals surface area contributed by atoms with Crippen molar-refractivity contribution in [3.63, 3.8) is 0 Å². The highest BCUT2D eigenvalue weighted by Crippen LogP contribution is 2.36. The Morgan fingerprint density at radius 2 is 1.69 bits per heavy atom. The molecule has 0 aliphatic heterocycles. The van der Waals surface area contributed by atoms with Crippen molar-refractivity contribution in [3.8, 4) is 17.4 Å². The number of halogens is 3. The number of benzene rings is 2. The van der Waals surface area contributed by atoms with Gasteiger partial charge in [0.15, 0.2) is 0 Å². The van der Waals surface area contributed by atoms with Crippen LogP contribution < -0.4 is 20.1 Å². The fraction of sp³-hybridized carbons (Fsp3) is 0.250. The third kappa shape index (κ3) is 7.08. The number of para-hydroxylation sites is 1. The summed E-state index contributed by atoms with van der Waals surface area (Å²) in [6.45, 7) is 2.13. The molecular formula is C24H24F3N3O5. The van der Waals surface area contributed by atoms with E-state index in [9.17, 15) is 18.0 Å². The first-order valence-corrected chi connectivity index (χ1v) is 10.3. The average molecular weight is 491 g/mol. The van der Waals surface area contributed by atoms with Gasteiger partial charge in [0, 0.05) is 31.7 Å². The fourth-order valence-corrected chi connectivity index (χ4v) is 3.21. The van der Waals surface area contributed by atoms with Crippen LogP contribution in [-0.4, -0.2) is 38.2 Å². The summed E-state index contributed by atoms with van der Waals surface area (Å²) in [6, 6.07) is 14.5. The van der Waals surface area contributed by atoms with Gasteiger partial charge in [-0.05, 0) is 49.4 Å². The van der Waals surface area contributed by atoms with E-state index < -0.39 is 23.7 Å². The molecule has 0 aliphatic rings. The smallest absolute Gasteiger partial charge is 0.437 e. The zero-order valence-corrected chi connectivity index (χ0v) is 19.2. The van der Waals surface area contributed by atoms with Crippen molar-refractivity contribution in [1.82, 2.24) is 4.98 Å². The summed E-state index contributed by atoms with van der Waals surface area (Å²) < 4.78 is 57.7. The van der Waals surface area contributed by atoms with Gasteiger partial charge in [-0.15, -0.1) is 13.2 Å². The van der Waals surface area contributed by atoms with Gasteiger partial charge >= 0.3 is 12.4 Å². The zero-order chi connectivity index (χ0) is 25.5. The molecule has 1 atom stereocenters. The molecule has 1 unspecified atom stereocenters. The Hall–Kier alpha value is -3.83. The van der Waals surface area contributed by atoms with Crippen molar-refractivity contribution in [2.24, 2.45) is 0 Å². The molecule has 3 aromatic rings. The molecule has 3 rings (SSSR count). The van der Waals surface area contributed by atoms with Gasteiger partial charge in [0.2, 0.25) is 5.88 Å². The highest BCUT2D eigenvalue weighted by atomic mass is 19.4. The van der Waals surface area contributed by atoms with Crippen LogP contribution in [0.2, 0.25) is 0 Å². The summed E-state index contributed by atoms with van der Waals surface area (Å²) >= 11 is 0. The van der Waals surface area contributed by atoms with Crippen molar-refractivity contribution in [2.75, 3.05) is 31.5 Å². The van der Waals surface area contributed by atoms with Crippen LogP contribution in [0.1, 0.15) is 12.5 Å². The van der Waals surface area contributed by atoms with Crippen LogP contribution in [0.4, 0.5) is 29.3 Å². The number of methoxy groups -OCH3 is 2. The van der Waals surface area contributed by atoms with Crippen LogP contribution in [0.25, 0.3) is 0 Å². The number of rotatable bonds is 9. The van der Waals surface area contributed by atoms with Gasteiger partial charge in [0.05, 0.1) is 6.61 Å². The first kappa shape index (κ1) is 25.8. The van der Waals surface area contributed by atoms with E-state index in [2.05, 4.69) is 20.4 Å². The Labute approximate surface area is 200 Å². The lowest BCUT2D eigenvalue weighted by Crippen LogP contribution is -2.30. The molecule has 2 N–H and O–H groups in total. The van der Waals surface area contributed by atoms with E-state index in [1.165, 1.54) is 18.3 Å². The number of pyridine rings is 1. The highest BCUT2D eigenvalue weighted by Gasteiger charge is 2.31. The van der Waals surface area contributed by atoms with Gasteiger partial charge in [-0.3, -0.25) is 0 Å². The SMILES string of the molecule is COCC(C)(OC)c1ccccc1Oc1ncccc1NC(=O)Nc1ccc(OC(F)(F)F)cc1. The zero-order valence-electron chi connectivity index (χ0n) is 19.2. The molecule has 0 saturated carbocycles. The number of carbonyl (C=O) groups is 1. The standard InChI is InChI=1S/C24H24F3N3O5/c1-23(33-3,15-32-2)18-7-4-5-9-20(18)34-21-19(8-6-14-28-21)30-22(31)29-16-10-12-17(13-11-16)35-24(25,26)27/h4-14H,15H2,1-3H3,(H2,29,30,31). The molecule has 0 fully saturated rings. The summed E-state index contributed by atoms with van der Waals surface area (Å²) in [4.78, 5) is 16.7. The lowest BCUT2D eigenvalue weighted by molar-refractivity contribution is -0.274. The van der Waals surface area contributed by atoms with Crippen LogP contribution in [0, 0.1) is 0 Å². The fourth-order valence-electron chi connectivity index (χ4n) is 3.21. The van der Waals surface area contributed by atoms with Crippen LogP contribution in [-0.2, 0) is 15.1 Å². The average Bonchev–Trinajstić information content (AvgIpc) is 2.81. The van der Waals surface area contributed by atoms with Crippen LogP contribution >= 0.6 is 0 Å². The predicted octanol–water partition coefficient (Wildman–Crippen LogP) is 5.92. The largest absolute Gasteiger partial charge is 0.573 e. The molecule has 2 aromatic carbocycles. The number of hydrogen-bond acceptors (Lipinski definition) is 6. The molecule has 186 valence electrons. The minimum absolute atomic E-state index is 0.125. The monoisotopic (exact) mass is 491 g/mol. The molecule has 1 aromatic heterocycles. The number of ether oxygens (including phenoxy) is 4. The molecule has 35 heavy (non-hydrogen) atoms. The van der Waals surface area contributed by atoms with Gasteiger partial charge in [-0.25, -0.2) is 9.78 Å². The molecule has 2 amide bonds. The second-order valence-corrected chi connectivity index (χ2v) is 7.47. The molecule has 0 aliphatic carbocycles. The lowest BCUT2D eigenvalue weighted by atomic mass is 9.95. The maximum atomic E-state index is 12.5. The van der Waals surface area contributed by atoms with Crippen LogP contribution in [0.15, 0.2) is 66.9 Å². The van der Waals surface area contributed by atoms with Crippen molar-refractivity contribution in [2.45, 2.75) is 18.9 Å². The number of alkyl halides is 3. The van der Waals surface area contributed by atoms with Gasteiger partial charge in [-0.1, -0.05) is 18.2 Å². The number of anilines is 2. The summed E-state index contributed by atoms with van der Waals surface area (Å²) in [7, 11) is 3.13. The minimum atomic E-state index is -4.80. The maximum Gasteiger partial charge on any atom is 0.573 e. The Kier molecular flexibility index (Phi) is 8.15. The molecule has 0 radical (unpaired) electrons. The summed E-state index contributed by atoms with van der Waals surface area (Å²) in [6.07, 6.45) is -3.29.